The Kier molecular flexibility index (Phi) is 7.82. The number of halogens is 3. The Morgan fingerprint density at radius 3 is 2.29 bits per heavy atom. The first-order valence-corrected chi connectivity index (χ1v) is 10.1. The number of rotatable bonds is 8. The van der Waals surface area contributed by atoms with E-state index in [0.29, 0.717) is 17.1 Å². The Balaban J connectivity index is 1.73. The predicted octanol–water partition coefficient (Wildman–Crippen LogP) is 5.02. The number of benzene rings is 3. The molecule has 3 aromatic carbocycles. The summed E-state index contributed by atoms with van der Waals surface area (Å²) in [5.74, 6) is -0.410. The van der Waals surface area contributed by atoms with Gasteiger partial charge in [0.15, 0.2) is 0 Å². The van der Waals surface area contributed by atoms with E-state index in [0.717, 1.165) is 12.1 Å². The van der Waals surface area contributed by atoms with Crippen LogP contribution in [0.2, 0.25) is 0 Å². The number of aliphatic hydroxyl groups excluding tert-OH is 1. The van der Waals surface area contributed by atoms with Gasteiger partial charge in [0, 0.05) is 17.7 Å². The van der Waals surface area contributed by atoms with E-state index in [1.165, 1.54) is 31.4 Å². The van der Waals surface area contributed by atoms with Crippen LogP contribution in [0.4, 0.5) is 23.7 Å². The highest BCUT2D eigenvalue weighted by Gasteiger charge is 2.32. The van der Waals surface area contributed by atoms with Gasteiger partial charge in [0.05, 0.1) is 30.5 Å². The van der Waals surface area contributed by atoms with Crippen molar-refractivity contribution in [2.75, 3.05) is 12.4 Å². The van der Waals surface area contributed by atoms with Gasteiger partial charge in [0.1, 0.15) is 17.2 Å². The number of ether oxygens (including phenoxy) is 2. The second-order valence-corrected chi connectivity index (χ2v) is 7.22. The number of aliphatic hydroxyl groups is 1. The maximum atomic E-state index is 13.2. The molecule has 2 amide bonds. The summed E-state index contributed by atoms with van der Waals surface area (Å²) in [5, 5.41) is 23.3. The summed E-state index contributed by atoms with van der Waals surface area (Å²) in [6.45, 7) is -0.759. The number of carbonyl (C=O) groups is 2. The van der Waals surface area contributed by atoms with E-state index < -0.39 is 30.3 Å². The van der Waals surface area contributed by atoms with Crippen molar-refractivity contribution in [3.8, 4) is 17.2 Å². The zero-order valence-electron chi connectivity index (χ0n) is 18.3. The number of alkyl halides is 3. The molecule has 0 radical (unpaired) electrons. The molecule has 0 fully saturated rings. The third-order valence-corrected chi connectivity index (χ3v) is 4.86. The molecule has 3 aromatic rings. The predicted molar refractivity (Wildman–Crippen MR) is 120 cm³/mol. The summed E-state index contributed by atoms with van der Waals surface area (Å²) in [6.07, 6.45) is -4.69. The lowest BCUT2D eigenvalue weighted by atomic mass is 10.1. The maximum absolute atomic E-state index is 13.2. The highest BCUT2D eigenvalue weighted by atomic mass is 19.4. The standard InChI is InChI=1S/C24H21F3N2O6/c1-34-21-16(13-30)10-17(24(25,26)27)11-19(21)29-23(33)28-12-15-4-2-3-5-20(15)35-18-8-6-14(7-9-18)22(31)32/h2-11,30H,12-13H2,1H3,(H,31,32)(H2,28,29,33). The molecule has 8 nitrogen and oxygen atoms in total. The maximum Gasteiger partial charge on any atom is 0.416 e. The quantitative estimate of drug-likeness (QED) is 0.352. The molecule has 4 N–H and O–H groups in total. The van der Waals surface area contributed by atoms with Crippen LogP contribution in [0.15, 0.2) is 60.7 Å². The van der Waals surface area contributed by atoms with Gasteiger partial charge in [-0.15, -0.1) is 0 Å². The van der Waals surface area contributed by atoms with Crippen LogP contribution in [0.3, 0.4) is 0 Å². The van der Waals surface area contributed by atoms with E-state index in [1.807, 2.05) is 0 Å². The summed E-state index contributed by atoms with van der Waals surface area (Å²) < 4.78 is 50.5. The molecule has 0 atom stereocenters. The van der Waals surface area contributed by atoms with Gasteiger partial charge in [0.25, 0.3) is 0 Å². The first-order valence-electron chi connectivity index (χ1n) is 10.1. The number of hydrogen-bond acceptors (Lipinski definition) is 5. The number of carboxylic acid groups (broad SMARTS) is 1. The van der Waals surface area contributed by atoms with Crippen LogP contribution in [0.1, 0.15) is 27.0 Å². The van der Waals surface area contributed by atoms with Crippen molar-refractivity contribution >= 4 is 17.7 Å². The SMILES string of the molecule is COc1c(CO)cc(C(F)(F)F)cc1NC(=O)NCc1ccccc1Oc1ccc(C(=O)O)cc1. The van der Waals surface area contributed by atoms with Gasteiger partial charge >= 0.3 is 18.2 Å². The minimum absolute atomic E-state index is 0.0383. The molecular weight excluding hydrogens is 469 g/mol. The van der Waals surface area contributed by atoms with Crippen molar-refractivity contribution in [2.45, 2.75) is 19.3 Å². The fraction of sp³-hybridized carbons (Fsp3) is 0.167. The summed E-state index contributed by atoms with van der Waals surface area (Å²) >= 11 is 0. The zero-order valence-corrected chi connectivity index (χ0v) is 18.3. The zero-order chi connectivity index (χ0) is 25.6. The molecule has 0 heterocycles. The lowest BCUT2D eigenvalue weighted by Crippen LogP contribution is -2.28. The molecule has 11 heteroatoms. The molecule has 0 saturated heterocycles. The van der Waals surface area contributed by atoms with Crippen LogP contribution in [0.5, 0.6) is 17.2 Å². The molecule has 0 aliphatic carbocycles. The molecule has 3 rings (SSSR count). The molecule has 0 spiro atoms. The molecule has 0 aliphatic heterocycles. The number of nitrogens with one attached hydrogen (secondary N) is 2. The van der Waals surface area contributed by atoms with Crippen LogP contribution in [-0.4, -0.2) is 29.3 Å². The van der Waals surface area contributed by atoms with Crippen LogP contribution in [0.25, 0.3) is 0 Å². The van der Waals surface area contributed by atoms with Crippen molar-refractivity contribution in [1.29, 1.82) is 0 Å². The number of amides is 2. The lowest BCUT2D eigenvalue weighted by Gasteiger charge is -2.17. The van der Waals surface area contributed by atoms with Gasteiger partial charge in [-0.1, -0.05) is 18.2 Å². The first kappa shape index (κ1) is 25.4. The molecular formula is C24H21F3N2O6. The average Bonchev–Trinajstić information content (AvgIpc) is 2.82. The highest BCUT2D eigenvalue weighted by Crippen LogP contribution is 2.38. The summed E-state index contributed by atoms with van der Waals surface area (Å²) in [5.41, 5.74) is -0.794. The lowest BCUT2D eigenvalue weighted by molar-refractivity contribution is -0.137. The minimum atomic E-state index is -4.69. The van der Waals surface area contributed by atoms with E-state index in [1.54, 1.807) is 24.3 Å². The second-order valence-electron chi connectivity index (χ2n) is 7.22. The molecule has 0 bridgehead atoms. The summed E-state index contributed by atoms with van der Waals surface area (Å²) in [7, 11) is 1.21. The largest absolute Gasteiger partial charge is 0.494 e. The smallest absolute Gasteiger partial charge is 0.416 e. The van der Waals surface area contributed by atoms with Gasteiger partial charge in [-0.05, 0) is 42.5 Å². The first-order chi connectivity index (χ1) is 16.6. The number of aromatic carboxylic acids is 1. The van der Waals surface area contributed by atoms with Crippen molar-refractivity contribution in [3.05, 3.63) is 82.9 Å². The molecule has 0 aromatic heterocycles. The Bertz CT molecular complexity index is 1210. The van der Waals surface area contributed by atoms with Gasteiger partial charge in [-0.25, -0.2) is 9.59 Å². The van der Waals surface area contributed by atoms with Crippen molar-refractivity contribution in [3.63, 3.8) is 0 Å². The molecule has 35 heavy (non-hydrogen) atoms. The Morgan fingerprint density at radius 1 is 1.00 bits per heavy atom. The third-order valence-electron chi connectivity index (χ3n) is 4.86. The Hall–Kier alpha value is -4.25. The van der Waals surface area contributed by atoms with Gasteiger partial charge in [-0.3, -0.25) is 0 Å². The van der Waals surface area contributed by atoms with Crippen LogP contribution >= 0.6 is 0 Å². The fourth-order valence-corrected chi connectivity index (χ4v) is 3.19. The van der Waals surface area contributed by atoms with E-state index in [4.69, 9.17) is 14.6 Å². The monoisotopic (exact) mass is 490 g/mol. The number of carbonyl (C=O) groups excluding carboxylic acids is 1. The van der Waals surface area contributed by atoms with Crippen molar-refractivity contribution in [1.82, 2.24) is 5.32 Å². The van der Waals surface area contributed by atoms with Crippen molar-refractivity contribution < 1.29 is 42.4 Å². The Morgan fingerprint density at radius 2 is 1.69 bits per heavy atom. The number of methoxy groups -OCH3 is 1. The normalized spacial score (nSPS) is 11.0. The van der Waals surface area contributed by atoms with E-state index >= 15 is 0 Å². The number of anilines is 1. The van der Waals surface area contributed by atoms with Crippen molar-refractivity contribution in [2.24, 2.45) is 0 Å². The third kappa shape index (κ3) is 6.42. The molecule has 0 saturated carbocycles. The topological polar surface area (TPSA) is 117 Å². The van der Waals surface area contributed by atoms with Gasteiger partial charge < -0.3 is 30.3 Å². The van der Waals surface area contributed by atoms with E-state index in [2.05, 4.69) is 10.6 Å². The summed E-state index contributed by atoms with van der Waals surface area (Å²) in [6, 6.07) is 13.1. The second kappa shape index (κ2) is 10.8. The number of hydrogen-bond donors (Lipinski definition) is 4. The number of para-hydroxylation sites is 1. The molecule has 0 unspecified atom stereocenters. The molecule has 184 valence electrons. The van der Waals surface area contributed by atoms with Crippen LogP contribution < -0.4 is 20.1 Å². The van der Waals surface area contributed by atoms with E-state index in [-0.39, 0.29) is 29.1 Å². The van der Waals surface area contributed by atoms with E-state index in [9.17, 15) is 27.9 Å². The number of carboxylic acids is 1. The number of urea groups is 1. The molecule has 0 aliphatic rings. The van der Waals surface area contributed by atoms with Crippen LogP contribution in [0, 0.1) is 0 Å². The fourth-order valence-electron chi connectivity index (χ4n) is 3.19. The van der Waals surface area contributed by atoms with Crippen LogP contribution in [-0.2, 0) is 19.3 Å². The summed E-state index contributed by atoms with van der Waals surface area (Å²) in [4.78, 5) is 23.5. The minimum Gasteiger partial charge on any atom is -0.494 e. The van der Waals surface area contributed by atoms with Gasteiger partial charge in [0.2, 0.25) is 0 Å². The average molecular weight is 490 g/mol. The highest BCUT2D eigenvalue weighted by molar-refractivity contribution is 5.91. The van der Waals surface area contributed by atoms with Gasteiger partial charge in [-0.2, -0.15) is 13.2 Å². The Labute approximate surface area is 197 Å².